The van der Waals surface area contributed by atoms with Gasteiger partial charge in [0.15, 0.2) is 0 Å². The summed E-state index contributed by atoms with van der Waals surface area (Å²) in [7, 11) is 0. The summed E-state index contributed by atoms with van der Waals surface area (Å²) in [5, 5.41) is 0. The van der Waals surface area contributed by atoms with Gasteiger partial charge in [0.05, 0.1) is 6.54 Å². The van der Waals surface area contributed by atoms with E-state index in [-0.39, 0.29) is 0 Å². The molecule has 2 N–H and O–H groups in total. The van der Waals surface area contributed by atoms with Crippen LogP contribution in [0.15, 0.2) is 16.5 Å². The van der Waals surface area contributed by atoms with Crippen LogP contribution in [0.1, 0.15) is 25.4 Å². The standard InChI is InChI=1S/C12H20N2O/c1-3-10-4-5-11(15-10)7-14-6-9(2)12(13)8-14/h4-5,9,12H,3,6-8,13H2,1-2H3. The minimum atomic E-state index is 0.325. The molecule has 0 spiro atoms. The summed E-state index contributed by atoms with van der Waals surface area (Å²) in [6, 6.07) is 4.47. The van der Waals surface area contributed by atoms with Gasteiger partial charge < -0.3 is 10.2 Å². The summed E-state index contributed by atoms with van der Waals surface area (Å²) in [6.45, 7) is 7.30. The van der Waals surface area contributed by atoms with Crippen molar-refractivity contribution in [3.05, 3.63) is 23.7 Å². The van der Waals surface area contributed by atoms with Gasteiger partial charge in [0.25, 0.3) is 0 Å². The third-order valence-corrected chi connectivity index (χ3v) is 3.19. The van der Waals surface area contributed by atoms with Gasteiger partial charge in [-0.2, -0.15) is 0 Å². The molecular weight excluding hydrogens is 188 g/mol. The zero-order valence-electron chi connectivity index (χ0n) is 9.57. The van der Waals surface area contributed by atoms with Crippen molar-refractivity contribution in [1.29, 1.82) is 0 Å². The molecule has 2 rings (SSSR count). The number of furan rings is 1. The van der Waals surface area contributed by atoms with Crippen molar-refractivity contribution in [2.75, 3.05) is 13.1 Å². The molecular formula is C12H20N2O. The lowest BCUT2D eigenvalue weighted by molar-refractivity contribution is 0.284. The Hall–Kier alpha value is -0.800. The molecule has 0 amide bonds. The summed E-state index contributed by atoms with van der Waals surface area (Å²) in [5.41, 5.74) is 5.98. The maximum absolute atomic E-state index is 5.98. The SMILES string of the molecule is CCc1ccc(CN2CC(C)C(N)C2)o1. The van der Waals surface area contributed by atoms with Crippen LogP contribution in [0, 0.1) is 5.92 Å². The van der Waals surface area contributed by atoms with Crippen LogP contribution < -0.4 is 5.73 Å². The zero-order valence-corrected chi connectivity index (χ0v) is 9.57. The smallest absolute Gasteiger partial charge is 0.118 e. The molecule has 1 fully saturated rings. The molecule has 3 nitrogen and oxygen atoms in total. The number of nitrogens with two attached hydrogens (primary N) is 1. The van der Waals surface area contributed by atoms with E-state index < -0.39 is 0 Å². The zero-order chi connectivity index (χ0) is 10.8. The maximum atomic E-state index is 5.98. The molecule has 2 heterocycles. The fourth-order valence-electron chi connectivity index (χ4n) is 2.14. The van der Waals surface area contributed by atoms with E-state index in [1.165, 1.54) is 0 Å². The second kappa shape index (κ2) is 4.37. The van der Waals surface area contributed by atoms with Gasteiger partial charge in [-0.05, 0) is 18.1 Å². The van der Waals surface area contributed by atoms with Crippen LogP contribution in [0.4, 0.5) is 0 Å². The van der Waals surface area contributed by atoms with E-state index in [1.54, 1.807) is 0 Å². The second-order valence-electron chi connectivity index (χ2n) is 4.56. The maximum Gasteiger partial charge on any atom is 0.118 e. The van der Waals surface area contributed by atoms with Crippen molar-refractivity contribution in [3.8, 4) is 0 Å². The lowest BCUT2D eigenvalue weighted by atomic mass is 10.1. The molecule has 3 heteroatoms. The lowest BCUT2D eigenvalue weighted by Crippen LogP contribution is -2.28. The van der Waals surface area contributed by atoms with E-state index in [0.29, 0.717) is 12.0 Å². The molecule has 15 heavy (non-hydrogen) atoms. The number of aryl methyl sites for hydroxylation is 1. The Morgan fingerprint density at radius 3 is 2.67 bits per heavy atom. The van der Waals surface area contributed by atoms with E-state index in [4.69, 9.17) is 10.2 Å². The first-order chi connectivity index (χ1) is 7.19. The Balaban J connectivity index is 1.92. The highest BCUT2D eigenvalue weighted by Crippen LogP contribution is 2.18. The summed E-state index contributed by atoms with van der Waals surface area (Å²) in [6.07, 6.45) is 0.968. The van der Waals surface area contributed by atoms with Crippen molar-refractivity contribution in [2.45, 2.75) is 32.9 Å². The normalized spacial score (nSPS) is 27.4. The molecule has 0 bridgehead atoms. The molecule has 2 atom stereocenters. The highest BCUT2D eigenvalue weighted by atomic mass is 16.3. The van der Waals surface area contributed by atoms with Crippen molar-refractivity contribution in [1.82, 2.24) is 4.90 Å². The van der Waals surface area contributed by atoms with Gasteiger partial charge >= 0.3 is 0 Å². The summed E-state index contributed by atoms with van der Waals surface area (Å²) in [5.74, 6) is 2.74. The average Bonchev–Trinajstić information content (AvgIpc) is 2.76. The number of rotatable bonds is 3. The summed E-state index contributed by atoms with van der Waals surface area (Å²) in [4.78, 5) is 2.37. The largest absolute Gasteiger partial charge is 0.465 e. The van der Waals surface area contributed by atoms with Crippen LogP contribution in [0.25, 0.3) is 0 Å². The van der Waals surface area contributed by atoms with Gasteiger partial charge in [-0.25, -0.2) is 0 Å². The van der Waals surface area contributed by atoms with Crippen molar-refractivity contribution >= 4 is 0 Å². The molecule has 0 aliphatic carbocycles. The number of nitrogens with zero attached hydrogens (tertiary/aromatic N) is 1. The quantitative estimate of drug-likeness (QED) is 0.820. The Labute approximate surface area is 91.2 Å². The molecule has 2 unspecified atom stereocenters. The van der Waals surface area contributed by atoms with E-state index >= 15 is 0 Å². The van der Waals surface area contributed by atoms with Crippen molar-refractivity contribution in [2.24, 2.45) is 11.7 Å². The second-order valence-corrected chi connectivity index (χ2v) is 4.56. The van der Waals surface area contributed by atoms with Crippen LogP contribution >= 0.6 is 0 Å². The third kappa shape index (κ3) is 2.41. The minimum Gasteiger partial charge on any atom is -0.465 e. The van der Waals surface area contributed by atoms with Gasteiger partial charge in [-0.15, -0.1) is 0 Å². The first-order valence-corrected chi connectivity index (χ1v) is 5.74. The third-order valence-electron chi connectivity index (χ3n) is 3.19. The Kier molecular flexibility index (Phi) is 3.12. The predicted molar refractivity (Wildman–Crippen MR) is 60.5 cm³/mol. The van der Waals surface area contributed by atoms with Gasteiger partial charge in [-0.1, -0.05) is 13.8 Å². The number of hydrogen-bond donors (Lipinski definition) is 1. The Morgan fingerprint density at radius 2 is 2.13 bits per heavy atom. The van der Waals surface area contributed by atoms with E-state index in [9.17, 15) is 0 Å². The van der Waals surface area contributed by atoms with Gasteiger partial charge in [0.1, 0.15) is 11.5 Å². The van der Waals surface area contributed by atoms with Gasteiger partial charge in [0, 0.05) is 25.6 Å². The number of likely N-dealkylation sites (tertiary alicyclic amines) is 1. The Morgan fingerprint density at radius 1 is 1.40 bits per heavy atom. The molecule has 1 aliphatic heterocycles. The number of hydrogen-bond acceptors (Lipinski definition) is 3. The predicted octanol–water partition coefficient (Wildman–Crippen LogP) is 1.62. The molecule has 1 aromatic heterocycles. The topological polar surface area (TPSA) is 42.4 Å². The first kappa shape index (κ1) is 10.7. The fraction of sp³-hybridized carbons (Fsp3) is 0.667. The van der Waals surface area contributed by atoms with E-state index in [0.717, 1.165) is 37.6 Å². The van der Waals surface area contributed by atoms with Crippen LogP contribution in [0.5, 0.6) is 0 Å². The van der Waals surface area contributed by atoms with Gasteiger partial charge in [-0.3, -0.25) is 4.90 Å². The van der Waals surface area contributed by atoms with Crippen LogP contribution in [-0.2, 0) is 13.0 Å². The molecule has 1 aromatic rings. The molecule has 1 aliphatic rings. The van der Waals surface area contributed by atoms with Crippen molar-refractivity contribution in [3.63, 3.8) is 0 Å². The van der Waals surface area contributed by atoms with E-state index in [2.05, 4.69) is 30.9 Å². The minimum absolute atomic E-state index is 0.325. The summed E-state index contributed by atoms with van der Waals surface area (Å²) < 4.78 is 5.68. The fourth-order valence-corrected chi connectivity index (χ4v) is 2.14. The monoisotopic (exact) mass is 208 g/mol. The van der Waals surface area contributed by atoms with Crippen LogP contribution in [0.2, 0.25) is 0 Å². The average molecular weight is 208 g/mol. The first-order valence-electron chi connectivity index (χ1n) is 5.74. The van der Waals surface area contributed by atoms with Crippen LogP contribution in [-0.4, -0.2) is 24.0 Å². The van der Waals surface area contributed by atoms with Gasteiger partial charge in [0.2, 0.25) is 0 Å². The molecule has 0 saturated carbocycles. The molecule has 84 valence electrons. The lowest BCUT2D eigenvalue weighted by Gasteiger charge is -2.12. The molecule has 0 aromatic carbocycles. The molecule has 1 saturated heterocycles. The highest BCUT2D eigenvalue weighted by molar-refractivity contribution is 5.07. The van der Waals surface area contributed by atoms with Crippen LogP contribution in [0.3, 0.4) is 0 Å². The molecule has 0 radical (unpaired) electrons. The summed E-state index contributed by atoms with van der Waals surface area (Å²) >= 11 is 0. The highest BCUT2D eigenvalue weighted by Gasteiger charge is 2.26. The van der Waals surface area contributed by atoms with E-state index in [1.807, 2.05) is 0 Å². The van der Waals surface area contributed by atoms with Crippen molar-refractivity contribution < 1.29 is 4.42 Å². The Bertz CT molecular complexity index is 311.